The minimum absolute atomic E-state index is 0.146. The van der Waals surface area contributed by atoms with Crippen molar-refractivity contribution in [1.82, 2.24) is 9.21 Å². The van der Waals surface area contributed by atoms with E-state index in [-0.39, 0.29) is 12.5 Å². The van der Waals surface area contributed by atoms with Crippen LogP contribution < -0.4 is 11.1 Å². The molecule has 2 aromatic heterocycles. The van der Waals surface area contributed by atoms with Gasteiger partial charge in [-0.1, -0.05) is 6.07 Å². The van der Waals surface area contributed by atoms with Crippen molar-refractivity contribution >= 4 is 49.5 Å². The number of sulfonamides is 1. The molecule has 1 aliphatic heterocycles. The predicted molar refractivity (Wildman–Crippen MR) is 113 cm³/mol. The minimum atomic E-state index is -3.46. The number of nitrogens with zero attached hydrogens (tertiary/aromatic N) is 2. The summed E-state index contributed by atoms with van der Waals surface area (Å²) in [6.07, 6.45) is 2.74. The summed E-state index contributed by atoms with van der Waals surface area (Å²) in [5.41, 5.74) is 6.96. The van der Waals surface area contributed by atoms with Gasteiger partial charge in [-0.25, -0.2) is 8.42 Å². The Balaban J connectivity index is 1.35. The van der Waals surface area contributed by atoms with Gasteiger partial charge in [0.05, 0.1) is 12.1 Å². The third kappa shape index (κ3) is 4.10. The number of piperazine rings is 1. The number of nitrogens with one attached hydrogen (secondary N) is 1. The lowest BCUT2D eigenvalue weighted by Crippen LogP contribution is -2.50. The Bertz CT molecular complexity index is 1020. The van der Waals surface area contributed by atoms with E-state index in [1.807, 2.05) is 4.90 Å². The number of hydrogen-bond acceptors (Lipinski definition) is 7. The summed E-state index contributed by atoms with van der Waals surface area (Å²) in [5.74, 6) is -0.728. The molecule has 1 aliphatic carbocycles. The molecule has 2 aliphatic rings. The zero-order chi connectivity index (χ0) is 20.6. The first-order valence-corrected chi connectivity index (χ1v) is 12.5. The molecule has 2 aromatic rings. The second-order valence-corrected chi connectivity index (χ2v) is 11.3. The molecule has 11 heteroatoms. The van der Waals surface area contributed by atoms with E-state index in [9.17, 15) is 18.0 Å². The summed E-state index contributed by atoms with van der Waals surface area (Å²) in [5, 5.41) is 5.12. The molecule has 3 N–H and O–H groups in total. The van der Waals surface area contributed by atoms with Gasteiger partial charge in [0.2, 0.25) is 5.91 Å². The molecule has 0 unspecified atom stereocenters. The van der Waals surface area contributed by atoms with E-state index < -0.39 is 15.9 Å². The van der Waals surface area contributed by atoms with Crippen LogP contribution in [-0.4, -0.2) is 62.2 Å². The molecule has 0 bridgehead atoms. The monoisotopic (exact) mass is 454 g/mol. The van der Waals surface area contributed by atoms with Gasteiger partial charge in [0.25, 0.3) is 15.9 Å². The first-order chi connectivity index (χ1) is 13.9. The highest BCUT2D eigenvalue weighted by Crippen LogP contribution is 2.38. The van der Waals surface area contributed by atoms with Gasteiger partial charge in [-0.15, -0.1) is 22.7 Å². The number of primary amides is 1. The van der Waals surface area contributed by atoms with Crippen molar-refractivity contribution in [2.24, 2.45) is 5.73 Å². The Morgan fingerprint density at radius 2 is 1.93 bits per heavy atom. The first kappa shape index (κ1) is 20.5. The SMILES string of the molecule is NC(=O)c1c(NC(=O)CN2CCN(S(=O)(=O)c3cccs3)CC2)sc2c1CCC2. The van der Waals surface area contributed by atoms with Gasteiger partial charge >= 0.3 is 0 Å². The maximum Gasteiger partial charge on any atom is 0.252 e. The topological polar surface area (TPSA) is 113 Å². The molecular formula is C18H22N4O4S3. The van der Waals surface area contributed by atoms with Crippen molar-refractivity contribution in [2.45, 2.75) is 23.5 Å². The molecule has 156 valence electrons. The van der Waals surface area contributed by atoms with Crippen LogP contribution in [0.15, 0.2) is 21.7 Å². The molecule has 4 rings (SSSR count). The molecule has 0 spiro atoms. The summed E-state index contributed by atoms with van der Waals surface area (Å²) in [6.45, 7) is 1.78. The third-order valence-corrected chi connectivity index (χ3v) is 9.69. The van der Waals surface area contributed by atoms with Crippen LogP contribution in [0.1, 0.15) is 27.2 Å². The highest BCUT2D eigenvalue weighted by Gasteiger charge is 2.30. The fourth-order valence-corrected chi connectivity index (χ4v) is 7.67. The van der Waals surface area contributed by atoms with Gasteiger partial charge in [-0.2, -0.15) is 4.31 Å². The number of fused-ring (bicyclic) bond motifs is 1. The second kappa shape index (κ2) is 8.15. The lowest BCUT2D eigenvalue weighted by molar-refractivity contribution is -0.117. The zero-order valence-corrected chi connectivity index (χ0v) is 18.2. The van der Waals surface area contributed by atoms with Crippen molar-refractivity contribution < 1.29 is 18.0 Å². The number of rotatable bonds is 6. The molecule has 0 radical (unpaired) electrons. The Hall–Kier alpha value is -1.79. The second-order valence-electron chi connectivity index (χ2n) is 7.09. The summed E-state index contributed by atoms with van der Waals surface area (Å²) in [4.78, 5) is 27.4. The summed E-state index contributed by atoms with van der Waals surface area (Å²) in [7, 11) is -3.46. The van der Waals surface area contributed by atoms with Gasteiger partial charge in [0, 0.05) is 31.1 Å². The number of carbonyl (C=O) groups excluding carboxylic acids is 2. The van der Waals surface area contributed by atoms with E-state index >= 15 is 0 Å². The number of amides is 2. The van der Waals surface area contributed by atoms with Crippen LogP contribution in [-0.2, 0) is 27.7 Å². The molecule has 0 aromatic carbocycles. The number of anilines is 1. The summed E-state index contributed by atoms with van der Waals surface area (Å²) < 4.78 is 27.0. The van der Waals surface area contributed by atoms with E-state index in [0.29, 0.717) is 41.0 Å². The van der Waals surface area contributed by atoms with E-state index in [2.05, 4.69) is 5.32 Å². The van der Waals surface area contributed by atoms with Crippen LogP contribution in [0.4, 0.5) is 5.00 Å². The molecular weight excluding hydrogens is 432 g/mol. The lowest BCUT2D eigenvalue weighted by atomic mass is 10.1. The van der Waals surface area contributed by atoms with E-state index in [1.54, 1.807) is 17.5 Å². The number of aryl methyl sites for hydroxylation is 1. The highest BCUT2D eigenvalue weighted by molar-refractivity contribution is 7.91. The van der Waals surface area contributed by atoms with Crippen LogP contribution >= 0.6 is 22.7 Å². The van der Waals surface area contributed by atoms with Crippen molar-refractivity contribution in [1.29, 1.82) is 0 Å². The number of hydrogen-bond donors (Lipinski definition) is 2. The average molecular weight is 455 g/mol. The zero-order valence-electron chi connectivity index (χ0n) is 15.7. The molecule has 29 heavy (non-hydrogen) atoms. The van der Waals surface area contributed by atoms with Gasteiger partial charge in [0.15, 0.2) is 0 Å². The predicted octanol–water partition coefficient (Wildman–Crippen LogP) is 1.34. The average Bonchev–Trinajstić information content (AvgIpc) is 3.39. The highest BCUT2D eigenvalue weighted by atomic mass is 32.2. The van der Waals surface area contributed by atoms with Crippen molar-refractivity contribution in [3.8, 4) is 0 Å². The number of thiophene rings is 2. The van der Waals surface area contributed by atoms with Crippen LogP contribution in [0, 0.1) is 0 Å². The Kier molecular flexibility index (Phi) is 5.76. The van der Waals surface area contributed by atoms with Crippen LogP contribution in [0.2, 0.25) is 0 Å². The molecule has 2 amide bonds. The fourth-order valence-electron chi connectivity index (χ4n) is 3.79. The third-order valence-electron chi connectivity index (χ3n) is 5.21. The molecule has 0 saturated carbocycles. The van der Waals surface area contributed by atoms with Crippen molar-refractivity contribution in [2.75, 3.05) is 38.0 Å². The molecule has 8 nitrogen and oxygen atoms in total. The quantitative estimate of drug-likeness (QED) is 0.684. The van der Waals surface area contributed by atoms with Crippen LogP contribution in [0.25, 0.3) is 0 Å². The summed E-state index contributed by atoms with van der Waals surface area (Å²) >= 11 is 2.64. The largest absolute Gasteiger partial charge is 0.365 e. The maximum absolute atomic E-state index is 12.6. The number of carbonyl (C=O) groups is 2. The van der Waals surface area contributed by atoms with E-state index in [1.165, 1.54) is 27.0 Å². The molecule has 1 fully saturated rings. The fraction of sp³-hybridized carbons (Fsp3) is 0.444. The van der Waals surface area contributed by atoms with Crippen molar-refractivity contribution in [3.05, 3.63) is 33.5 Å². The van der Waals surface area contributed by atoms with Gasteiger partial charge in [-0.3, -0.25) is 14.5 Å². The van der Waals surface area contributed by atoms with Crippen LogP contribution in [0.5, 0.6) is 0 Å². The smallest absolute Gasteiger partial charge is 0.252 e. The lowest BCUT2D eigenvalue weighted by Gasteiger charge is -2.33. The Labute approximate surface area is 177 Å². The van der Waals surface area contributed by atoms with E-state index in [4.69, 9.17) is 5.73 Å². The van der Waals surface area contributed by atoms with Crippen LogP contribution in [0.3, 0.4) is 0 Å². The molecule has 3 heterocycles. The minimum Gasteiger partial charge on any atom is -0.365 e. The standard InChI is InChI=1S/C18H22N4O4S3/c19-17(24)16-12-3-1-4-13(12)28-18(16)20-14(23)11-21-6-8-22(9-7-21)29(25,26)15-5-2-10-27-15/h2,5,10H,1,3-4,6-9,11H2,(H2,19,24)(H,20,23). The number of nitrogens with two attached hydrogens (primary N) is 1. The van der Waals surface area contributed by atoms with Gasteiger partial charge in [0.1, 0.15) is 9.21 Å². The van der Waals surface area contributed by atoms with Gasteiger partial charge < -0.3 is 11.1 Å². The Morgan fingerprint density at radius 1 is 1.17 bits per heavy atom. The summed E-state index contributed by atoms with van der Waals surface area (Å²) in [6, 6.07) is 3.33. The van der Waals surface area contributed by atoms with Crippen molar-refractivity contribution in [3.63, 3.8) is 0 Å². The maximum atomic E-state index is 12.6. The van der Waals surface area contributed by atoms with E-state index in [0.717, 1.165) is 29.7 Å². The normalized spacial score (nSPS) is 17.9. The first-order valence-electron chi connectivity index (χ1n) is 9.36. The molecule has 1 saturated heterocycles. The van der Waals surface area contributed by atoms with Gasteiger partial charge in [-0.05, 0) is 36.3 Å². The molecule has 0 atom stereocenters. The Morgan fingerprint density at radius 3 is 2.59 bits per heavy atom.